The third-order valence-electron chi connectivity index (χ3n) is 3.57. The molecule has 104 valence electrons. The van der Waals surface area contributed by atoms with E-state index >= 15 is 0 Å². The average Bonchev–Trinajstić information content (AvgIpc) is 3.07. The molecule has 2 N–H and O–H groups in total. The highest BCUT2D eigenvalue weighted by Crippen LogP contribution is 2.25. The highest BCUT2D eigenvalue weighted by molar-refractivity contribution is 7.89. The van der Waals surface area contributed by atoms with Crippen molar-refractivity contribution in [1.82, 2.24) is 4.72 Å². The van der Waals surface area contributed by atoms with E-state index in [9.17, 15) is 13.5 Å². The lowest BCUT2D eigenvalue weighted by molar-refractivity contribution is 0.198. The lowest BCUT2D eigenvalue weighted by Crippen LogP contribution is -2.26. The second kappa shape index (κ2) is 4.77. The number of benzene rings is 1. The van der Waals surface area contributed by atoms with Crippen molar-refractivity contribution >= 4 is 15.7 Å². The van der Waals surface area contributed by atoms with Crippen LogP contribution in [0.1, 0.15) is 19.3 Å². The summed E-state index contributed by atoms with van der Waals surface area (Å²) in [6, 6.07) is 6.99. The topological polar surface area (TPSA) is 69.6 Å². The van der Waals surface area contributed by atoms with E-state index in [0.29, 0.717) is 11.4 Å². The molecule has 0 radical (unpaired) electrons. The van der Waals surface area contributed by atoms with Gasteiger partial charge in [0, 0.05) is 24.8 Å². The van der Waals surface area contributed by atoms with E-state index in [2.05, 4.69) is 9.62 Å². The summed E-state index contributed by atoms with van der Waals surface area (Å²) in [7, 11) is -3.37. The van der Waals surface area contributed by atoms with Crippen LogP contribution in [0, 0.1) is 0 Å². The van der Waals surface area contributed by atoms with Gasteiger partial charge in [-0.3, -0.25) is 0 Å². The fourth-order valence-electron chi connectivity index (χ4n) is 2.30. The Kier molecular flexibility index (Phi) is 3.24. The van der Waals surface area contributed by atoms with Gasteiger partial charge in [-0.05, 0) is 43.5 Å². The molecule has 19 heavy (non-hydrogen) atoms. The molecule has 3 rings (SSSR count). The summed E-state index contributed by atoms with van der Waals surface area (Å²) < 4.78 is 26.7. The van der Waals surface area contributed by atoms with Crippen LogP contribution in [0.15, 0.2) is 29.2 Å². The van der Waals surface area contributed by atoms with Crippen LogP contribution in [0.2, 0.25) is 0 Å². The zero-order valence-electron chi connectivity index (χ0n) is 10.6. The summed E-state index contributed by atoms with van der Waals surface area (Å²) >= 11 is 0. The smallest absolute Gasteiger partial charge is 0.240 e. The van der Waals surface area contributed by atoms with Gasteiger partial charge in [0.2, 0.25) is 10.0 Å². The molecule has 0 unspecified atom stereocenters. The van der Waals surface area contributed by atoms with Crippen LogP contribution in [-0.4, -0.2) is 38.8 Å². The molecule has 1 atom stereocenters. The van der Waals surface area contributed by atoms with Gasteiger partial charge in [-0.25, -0.2) is 13.1 Å². The number of β-amino-alcohol motifs (C(OH)–C–C–N with tert-alkyl or cyclic N) is 1. The number of nitrogens with zero attached hydrogens (tertiary/aromatic N) is 1. The first kappa shape index (κ1) is 12.9. The highest BCUT2D eigenvalue weighted by Gasteiger charge is 2.28. The van der Waals surface area contributed by atoms with Crippen LogP contribution in [0.25, 0.3) is 0 Å². The third kappa shape index (κ3) is 2.91. The molecule has 1 aromatic rings. The summed E-state index contributed by atoms with van der Waals surface area (Å²) in [5, 5.41) is 9.50. The molecule has 2 aliphatic rings. The van der Waals surface area contributed by atoms with Gasteiger partial charge in [-0.2, -0.15) is 0 Å². The lowest BCUT2D eigenvalue weighted by atomic mass is 10.3. The van der Waals surface area contributed by atoms with Crippen molar-refractivity contribution < 1.29 is 13.5 Å². The van der Waals surface area contributed by atoms with E-state index in [1.54, 1.807) is 24.3 Å². The first-order valence-electron chi connectivity index (χ1n) is 6.60. The van der Waals surface area contributed by atoms with E-state index in [1.807, 2.05) is 0 Å². The van der Waals surface area contributed by atoms with Crippen LogP contribution in [0.4, 0.5) is 5.69 Å². The predicted octanol–water partition coefficient (Wildman–Crippen LogP) is 0.698. The molecule has 0 aromatic heterocycles. The van der Waals surface area contributed by atoms with E-state index in [-0.39, 0.29) is 12.1 Å². The zero-order chi connectivity index (χ0) is 13.5. The number of nitrogens with one attached hydrogen (secondary N) is 1. The van der Waals surface area contributed by atoms with Crippen molar-refractivity contribution in [2.75, 3.05) is 18.0 Å². The molecule has 0 spiro atoms. The molecule has 6 heteroatoms. The monoisotopic (exact) mass is 282 g/mol. The molecule has 1 aromatic carbocycles. The molecule has 5 nitrogen and oxygen atoms in total. The number of anilines is 1. The maximum atomic E-state index is 12.0. The fraction of sp³-hybridized carbons (Fsp3) is 0.538. The van der Waals surface area contributed by atoms with Gasteiger partial charge in [-0.1, -0.05) is 0 Å². The molecular formula is C13H18N2O3S. The Labute approximate surface area is 113 Å². The van der Waals surface area contributed by atoms with Gasteiger partial charge in [0.25, 0.3) is 0 Å². The van der Waals surface area contributed by atoms with Crippen molar-refractivity contribution in [2.24, 2.45) is 0 Å². The maximum absolute atomic E-state index is 12.0. The third-order valence-corrected chi connectivity index (χ3v) is 5.11. The minimum atomic E-state index is -3.37. The normalized spacial score (nSPS) is 23.8. The van der Waals surface area contributed by atoms with Crippen molar-refractivity contribution in [2.45, 2.75) is 36.3 Å². The maximum Gasteiger partial charge on any atom is 0.240 e. The average molecular weight is 282 g/mol. The first-order chi connectivity index (χ1) is 9.04. The first-order valence-corrected chi connectivity index (χ1v) is 8.08. The highest BCUT2D eigenvalue weighted by atomic mass is 32.2. The Bertz CT molecular complexity index is 552. The molecule has 1 aliphatic carbocycles. The summed E-state index contributed by atoms with van der Waals surface area (Å²) in [5.74, 6) is 0. The Morgan fingerprint density at radius 2 is 1.84 bits per heavy atom. The minimum Gasteiger partial charge on any atom is -0.391 e. The quantitative estimate of drug-likeness (QED) is 0.853. The van der Waals surface area contributed by atoms with Crippen LogP contribution < -0.4 is 9.62 Å². The van der Waals surface area contributed by atoms with Crippen LogP contribution >= 0.6 is 0 Å². The molecule has 0 bridgehead atoms. The van der Waals surface area contributed by atoms with Gasteiger partial charge >= 0.3 is 0 Å². The standard InChI is InChI=1S/C13H18N2O3S/c16-12-7-8-15(9-12)11-3-5-13(6-4-11)19(17,18)14-10-1-2-10/h3-6,10,12,14,16H,1-2,7-9H2/t12-/m1/s1. The summed E-state index contributed by atoms with van der Waals surface area (Å²) in [4.78, 5) is 2.37. The number of sulfonamides is 1. The SMILES string of the molecule is O=S(=O)(NC1CC1)c1ccc(N2CC[C@@H](O)C2)cc1. The van der Waals surface area contributed by atoms with Crippen molar-refractivity contribution in [3.8, 4) is 0 Å². The lowest BCUT2D eigenvalue weighted by Gasteiger charge is -2.18. The number of aliphatic hydroxyl groups excluding tert-OH is 1. The van der Waals surface area contributed by atoms with E-state index < -0.39 is 10.0 Å². The van der Waals surface area contributed by atoms with E-state index in [4.69, 9.17) is 0 Å². The van der Waals surface area contributed by atoms with Gasteiger partial charge in [0.1, 0.15) is 0 Å². The Balaban J connectivity index is 1.74. The number of rotatable bonds is 4. The van der Waals surface area contributed by atoms with Gasteiger partial charge in [0.15, 0.2) is 0 Å². The molecule has 2 fully saturated rings. The van der Waals surface area contributed by atoms with Gasteiger partial charge < -0.3 is 10.0 Å². The molecule has 1 heterocycles. The molecule has 1 saturated heterocycles. The van der Waals surface area contributed by atoms with Crippen molar-refractivity contribution in [3.63, 3.8) is 0 Å². The predicted molar refractivity (Wildman–Crippen MR) is 72.6 cm³/mol. The fourth-order valence-corrected chi connectivity index (χ4v) is 3.61. The van der Waals surface area contributed by atoms with Gasteiger partial charge in [-0.15, -0.1) is 0 Å². The molecule has 1 saturated carbocycles. The molecule has 0 amide bonds. The van der Waals surface area contributed by atoms with Gasteiger partial charge in [0.05, 0.1) is 11.0 Å². The van der Waals surface area contributed by atoms with Crippen LogP contribution in [0.5, 0.6) is 0 Å². The number of hydrogen-bond donors (Lipinski definition) is 2. The Hall–Kier alpha value is -1.11. The zero-order valence-corrected chi connectivity index (χ0v) is 11.4. The largest absolute Gasteiger partial charge is 0.391 e. The molecule has 1 aliphatic heterocycles. The number of aliphatic hydroxyl groups is 1. The van der Waals surface area contributed by atoms with Crippen LogP contribution in [-0.2, 0) is 10.0 Å². The second-order valence-electron chi connectivity index (χ2n) is 5.28. The summed E-state index contributed by atoms with van der Waals surface area (Å²) in [6.07, 6.45) is 2.36. The minimum absolute atomic E-state index is 0.124. The summed E-state index contributed by atoms with van der Waals surface area (Å²) in [6.45, 7) is 1.43. The number of hydrogen-bond acceptors (Lipinski definition) is 4. The summed E-state index contributed by atoms with van der Waals surface area (Å²) in [5.41, 5.74) is 0.960. The Morgan fingerprint density at radius 3 is 2.37 bits per heavy atom. The van der Waals surface area contributed by atoms with Crippen LogP contribution in [0.3, 0.4) is 0 Å². The van der Waals surface area contributed by atoms with E-state index in [1.165, 1.54) is 0 Å². The van der Waals surface area contributed by atoms with E-state index in [0.717, 1.165) is 31.5 Å². The van der Waals surface area contributed by atoms with Crippen molar-refractivity contribution in [3.05, 3.63) is 24.3 Å². The van der Waals surface area contributed by atoms with Crippen molar-refractivity contribution in [1.29, 1.82) is 0 Å². The Morgan fingerprint density at radius 1 is 1.16 bits per heavy atom. The molecular weight excluding hydrogens is 264 g/mol. The second-order valence-corrected chi connectivity index (χ2v) is 6.99.